The van der Waals surface area contributed by atoms with E-state index in [1.54, 1.807) is 0 Å². The number of rotatable bonds is 2. The molecular formula is C14H17N. The zero-order chi connectivity index (χ0) is 10.7. The van der Waals surface area contributed by atoms with Crippen molar-refractivity contribution in [3.05, 3.63) is 60.2 Å². The predicted molar refractivity (Wildman–Crippen MR) is 64.9 cm³/mol. The van der Waals surface area contributed by atoms with Crippen LogP contribution in [-0.2, 0) is 0 Å². The summed E-state index contributed by atoms with van der Waals surface area (Å²) in [6.45, 7) is 0. The topological polar surface area (TPSA) is 3.24 Å². The van der Waals surface area contributed by atoms with Gasteiger partial charge in [0.1, 0.15) is 0 Å². The van der Waals surface area contributed by atoms with Crippen molar-refractivity contribution < 1.29 is 0 Å². The quantitative estimate of drug-likeness (QED) is 0.662. The number of allylic oxidation sites excluding steroid dienone is 2. The molecule has 1 aliphatic rings. The SMILES string of the molecule is CN(C)C1C=CC(c2ccccc2)C=C1. The summed E-state index contributed by atoms with van der Waals surface area (Å²) >= 11 is 0. The van der Waals surface area contributed by atoms with E-state index in [1.165, 1.54) is 5.56 Å². The summed E-state index contributed by atoms with van der Waals surface area (Å²) < 4.78 is 0. The summed E-state index contributed by atoms with van der Waals surface area (Å²) in [4.78, 5) is 2.20. The van der Waals surface area contributed by atoms with Crippen LogP contribution in [0.25, 0.3) is 0 Å². The van der Waals surface area contributed by atoms with Crippen LogP contribution in [0.15, 0.2) is 54.6 Å². The molecule has 0 bridgehead atoms. The Morgan fingerprint density at radius 3 is 2.00 bits per heavy atom. The van der Waals surface area contributed by atoms with Crippen LogP contribution in [0.3, 0.4) is 0 Å². The van der Waals surface area contributed by atoms with E-state index in [-0.39, 0.29) is 0 Å². The van der Waals surface area contributed by atoms with Gasteiger partial charge in [-0.15, -0.1) is 0 Å². The average Bonchev–Trinajstić information content (AvgIpc) is 2.30. The summed E-state index contributed by atoms with van der Waals surface area (Å²) in [5.41, 5.74) is 1.36. The molecule has 2 rings (SSSR count). The third-order valence-corrected chi connectivity index (χ3v) is 2.81. The Kier molecular flexibility index (Phi) is 3.02. The van der Waals surface area contributed by atoms with Crippen molar-refractivity contribution in [3.63, 3.8) is 0 Å². The maximum absolute atomic E-state index is 2.28. The zero-order valence-electron chi connectivity index (χ0n) is 9.30. The maximum Gasteiger partial charge on any atom is 0.0456 e. The van der Waals surface area contributed by atoms with E-state index in [1.807, 2.05) is 0 Å². The minimum atomic E-state index is 0.447. The van der Waals surface area contributed by atoms with Gasteiger partial charge in [-0.05, 0) is 19.7 Å². The first-order valence-corrected chi connectivity index (χ1v) is 5.35. The van der Waals surface area contributed by atoms with Crippen molar-refractivity contribution in [3.8, 4) is 0 Å². The van der Waals surface area contributed by atoms with Crippen LogP contribution in [0.2, 0.25) is 0 Å². The number of nitrogens with zero attached hydrogens (tertiary/aromatic N) is 1. The van der Waals surface area contributed by atoms with Crippen molar-refractivity contribution in [2.75, 3.05) is 14.1 Å². The lowest BCUT2D eigenvalue weighted by Crippen LogP contribution is -2.25. The summed E-state index contributed by atoms with van der Waals surface area (Å²) in [5, 5.41) is 0. The molecule has 0 N–H and O–H groups in total. The Morgan fingerprint density at radius 2 is 1.47 bits per heavy atom. The molecular weight excluding hydrogens is 182 g/mol. The van der Waals surface area contributed by atoms with Crippen LogP contribution < -0.4 is 0 Å². The second-order valence-corrected chi connectivity index (χ2v) is 4.16. The van der Waals surface area contributed by atoms with Gasteiger partial charge in [0.15, 0.2) is 0 Å². The molecule has 0 saturated heterocycles. The van der Waals surface area contributed by atoms with Crippen molar-refractivity contribution in [1.82, 2.24) is 4.90 Å². The molecule has 0 amide bonds. The fraction of sp³-hybridized carbons (Fsp3) is 0.286. The number of hydrogen-bond acceptors (Lipinski definition) is 1. The van der Waals surface area contributed by atoms with E-state index in [4.69, 9.17) is 0 Å². The van der Waals surface area contributed by atoms with E-state index in [0.717, 1.165) is 0 Å². The van der Waals surface area contributed by atoms with Crippen molar-refractivity contribution in [2.45, 2.75) is 12.0 Å². The highest BCUT2D eigenvalue weighted by Crippen LogP contribution is 2.23. The van der Waals surface area contributed by atoms with E-state index >= 15 is 0 Å². The molecule has 1 nitrogen and oxygen atoms in total. The van der Waals surface area contributed by atoms with Crippen LogP contribution in [0, 0.1) is 0 Å². The third kappa shape index (κ3) is 2.37. The Labute approximate surface area is 91.7 Å². The second kappa shape index (κ2) is 4.45. The Morgan fingerprint density at radius 1 is 0.867 bits per heavy atom. The van der Waals surface area contributed by atoms with Gasteiger partial charge in [-0.25, -0.2) is 0 Å². The molecule has 0 saturated carbocycles. The molecule has 0 aromatic heterocycles. The Bertz CT molecular complexity index is 348. The van der Waals surface area contributed by atoms with Crippen LogP contribution in [-0.4, -0.2) is 25.0 Å². The normalized spacial score (nSPS) is 24.7. The van der Waals surface area contributed by atoms with Gasteiger partial charge in [-0.2, -0.15) is 0 Å². The standard InChI is InChI=1S/C14H17N/c1-15(2)14-10-8-13(9-11-14)12-6-4-3-5-7-12/h3-11,13-14H,1-2H3. The first-order valence-electron chi connectivity index (χ1n) is 5.35. The van der Waals surface area contributed by atoms with Crippen LogP contribution >= 0.6 is 0 Å². The lowest BCUT2D eigenvalue weighted by Gasteiger charge is -2.22. The minimum absolute atomic E-state index is 0.447. The Balaban J connectivity index is 2.11. The molecule has 1 heteroatoms. The van der Waals surface area contributed by atoms with Crippen molar-refractivity contribution >= 4 is 0 Å². The van der Waals surface area contributed by atoms with E-state index in [2.05, 4.69) is 73.6 Å². The largest absolute Gasteiger partial charge is 0.300 e. The van der Waals surface area contributed by atoms with Crippen LogP contribution in [0.1, 0.15) is 11.5 Å². The molecule has 0 heterocycles. The average molecular weight is 199 g/mol. The lowest BCUT2D eigenvalue weighted by molar-refractivity contribution is 0.388. The molecule has 1 aliphatic carbocycles. The van der Waals surface area contributed by atoms with Crippen molar-refractivity contribution in [2.24, 2.45) is 0 Å². The number of hydrogen-bond donors (Lipinski definition) is 0. The molecule has 78 valence electrons. The molecule has 15 heavy (non-hydrogen) atoms. The molecule has 0 atom stereocenters. The van der Waals surface area contributed by atoms with Gasteiger partial charge in [0.2, 0.25) is 0 Å². The van der Waals surface area contributed by atoms with Gasteiger partial charge >= 0.3 is 0 Å². The second-order valence-electron chi connectivity index (χ2n) is 4.16. The van der Waals surface area contributed by atoms with Gasteiger partial charge in [0.05, 0.1) is 0 Å². The monoisotopic (exact) mass is 199 g/mol. The highest BCUT2D eigenvalue weighted by molar-refractivity contribution is 5.32. The van der Waals surface area contributed by atoms with Gasteiger partial charge in [0.25, 0.3) is 0 Å². The van der Waals surface area contributed by atoms with Gasteiger partial charge in [-0.3, -0.25) is 4.90 Å². The highest BCUT2D eigenvalue weighted by Gasteiger charge is 2.11. The molecule has 1 aromatic carbocycles. The summed E-state index contributed by atoms with van der Waals surface area (Å²) in [6.07, 6.45) is 9.08. The highest BCUT2D eigenvalue weighted by atomic mass is 15.1. The smallest absolute Gasteiger partial charge is 0.0456 e. The third-order valence-electron chi connectivity index (χ3n) is 2.81. The molecule has 0 radical (unpaired) electrons. The van der Waals surface area contributed by atoms with Gasteiger partial charge in [-0.1, -0.05) is 54.6 Å². The summed E-state index contributed by atoms with van der Waals surface area (Å²) in [5.74, 6) is 0.447. The van der Waals surface area contributed by atoms with Crippen molar-refractivity contribution in [1.29, 1.82) is 0 Å². The number of benzene rings is 1. The number of likely N-dealkylation sites (N-methyl/N-ethyl adjacent to an activating group) is 1. The molecule has 0 spiro atoms. The van der Waals surface area contributed by atoms with Gasteiger partial charge < -0.3 is 0 Å². The first kappa shape index (κ1) is 10.2. The van der Waals surface area contributed by atoms with E-state index in [0.29, 0.717) is 12.0 Å². The van der Waals surface area contributed by atoms with Crippen LogP contribution in [0.4, 0.5) is 0 Å². The zero-order valence-corrected chi connectivity index (χ0v) is 9.30. The minimum Gasteiger partial charge on any atom is -0.300 e. The first-order chi connectivity index (χ1) is 7.27. The fourth-order valence-corrected chi connectivity index (χ4v) is 1.84. The van der Waals surface area contributed by atoms with Crippen LogP contribution in [0.5, 0.6) is 0 Å². The molecule has 0 aliphatic heterocycles. The maximum atomic E-state index is 2.28. The van der Waals surface area contributed by atoms with E-state index < -0.39 is 0 Å². The lowest BCUT2D eigenvalue weighted by atomic mass is 9.93. The summed E-state index contributed by atoms with van der Waals surface area (Å²) in [7, 11) is 4.20. The van der Waals surface area contributed by atoms with E-state index in [9.17, 15) is 0 Å². The molecule has 0 unspecified atom stereocenters. The molecule has 0 fully saturated rings. The fourth-order valence-electron chi connectivity index (χ4n) is 1.84. The predicted octanol–water partition coefficient (Wildman–Crippen LogP) is 2.83. The summed E-state index contributed by atoms with van der Waals surface area (Å²) in [6, 6.07) is 11.0. The molecule has 1 aromatic rings. The Hall–Kier alpha value is -1.34. The van der Waals surface area contributed by atoms with Gasteiger partial charge in [0, 0.05) is 12.0 Å².